The predicted octanol–water partition coefficient (Wildman–Crippen LogP) is 5.21. The van der Waals surface area contributed by atoms with Crippen LogP contribution in [0.5, 0.6) is 0 Å². The third-order valence-electron chi connectivity index (χ3n) is 7.53. The van der Waals surface area contributed by atoms with Crippen molar-refractivity contribution in [1.29, 1.82) is 0 Å². The van der Waals surface area contributed by atoms with Gasteiger partial charge in [-0.15, -0.1) is 0 Å². The van der Waals surface area contributed by atoms with Crippen molar-refractivity contribution in [3.63, 3.8) is 0 Å². The Balaban J connectivity index is 1.03. The zero-order valence-corrected chi connectivity index (χ0v) is 20.4. The number of nitrogens with one attached hydrogen (secondary N) is 1. The summed E-state index contributed by atoms with van der Waals surface area (Å²) in [5.41, 5.74) is 10.1. The van der Waals surface area contributed by atoms with Gasteiger partial charge in [-0.2, -0.15) is 0 Å². The van der Waals surface area contributed by atoms with E-state index in [1.807, 2.05) is 6.07 Å². The van der Waals surface area contributed by atoms with Crippen LogP contribution in [0, 0.1) is 13.8 Å². The van der Waals surface area contributed by atoms with E-state index in [4.69, 9.17) is 0 Å². The van der Waals surface area contributed by atoms with Gasteiger partial charge in [-0.25, -0.2) is 0 Å². The molecular weight excluding hydrogens is 418 g/mol. The lowest BCUT2D eigenvalue weighted by atomic mass is 10.0. The molecule has 1 amide bonds. The number of hydrogen-bond acceptors (Lipinski definition) is 3. The largest absolute Gasteiger partial charge is 0.369 e. The normalized spacial score (nSPS) is 15.2. The van der Waals surface area contributed by atoms with Crippen LogP contribution in [0.25, 0.3) is 11.1 Å². The SMILES string of the molecule is Cc1cccc(N2CCN(CCCCNC(=O)c3ccc4c(c3)Cc3ccccc3-4)CC2)c1C. The molecule has 34 heavy (non-hydrogen) atoms. The molecule has 1 fully saturated rings. The van der Waals surface area contributed by atoms with E-state index < -0.39 is 0 Å². The third-order valence-corrected chi connectivity index (χ3v) is 7.53. The van der Waals surface area contributed by atoms with Crippen LogP contribution in [0.1, 0.15) is 45.5 Å². The van der Waals surface area contributed by atoms with Gasteiger partial charge in [0.05, 0.1) is 0 Å². The Labute approximate surface area is 203 Å². The molecule has 3 aromatic carbocycles. The van der Waals surface area contributed by atoms with Crippen molar-refractivity contribution >= 4 is 11.6 Å². The van der Waals surface area contributed by atoms with Gasteiger partial charge in [0.25, 0.3) is 5.91 Å². The number of carbonyl (C=O) groups is 1. The Morgan fingerprint density at radius 3 is 2.50 bits per heavy atom. The van der Waals surface area contributed by atoms with Crippen molar-refractivity contribution in [3.05, 3.63) is 88.5 Å². The predicted molar refractivity (Wildman–Crippen MR) is 141 cm³/mol. The Kier molecular flexibility index (Phi) is 6.68. The van der Waals surface area contributed by atoms with E-state index in [2.05, 4.69) is 83.6 Å². The summed E-state index contributed by atoms with van der Waals surface area (Å²) in [6.45, 7) is 10.7. The first kappa shape index (κ1) is 22.7. The van der Waals surface area contributed by atoms with Crippen molar-refractivity contribution in [2.75, 3.05) is 44.2 Å². The first-order chi connectivity index (χ1) is 16.6. The molecule has 2 aliphatic rings. The summed E-state index contributed by atoms with van der Waals surface area (Å²) in [6.07, 6.45) is 3.05. The zero-order chi connectivity index (χ0) is 23.5. The molecule has 176 valence electrons. The zero-order valence-electron chi connectivity index (χ0n) is 20.4. The number of rotatable bonds is 7. The monoisotopic (exact) mass is 453 g/mol. The lowest BCUT2D eigenvalue weighted by Gasteiger charge is -2.37. The second kappa shape index (κ2) is 10.0. The van der Waals surface area contributed by atoms with E-state index in [1.54, 1.807) is 0 Å². The minimum Gasteiger partial charge on any atom is -0.369 e. The van der Waals surface area contributed by atoms with Crippen molar-refractivity contribution in [2.45, 2.75) is 33.1 Å². The maximum atomic E-state index is 12.7. The van der Waals surface area contributed by atoms with Gasteiger partial charge in [-0.1, -0.05) is 42.5 Å². The average molecular weight is 454 g/mol. The van der Waals surface area contributed by atoms with Crippen LogP contribution >= 0.6 is 0 Å². The van der Waals surface area contributed by atoms with Crippen molar-refractivity contribution in [1.82, 2.24) is 10.2 Å². The molecule has 0 saturated carbocycles. The molecule has 4 heteroatoms. The van der Waals surface area contributed by atoms with Gasteiger partial charge in [0, 0.05) is 44.0 Å². The first-order valence-electron chi connectivity index (χ1n) is 12.6. The maximum Gasteiger partial charge on any atom is 0.251 e. The summed E-state index contributed by atoms with van der Waals surface area (Å²) in [5, 5.41) is 3.12. The molecule has 1 aliphatic heterocycles. The number of aryl methyl sites for hydroxylation is 1. The van der Waals surface area contributed by atoms with E-state index in [0.717, 1.165) is 64.1 Å². The van der Waals surface area contributed by atoms with Gasteiger partial charge in [0.1, 0.15) is 0 Å². The van der Waals surface area contributed by atoms with Gasteiger partial charge < -0.3 is 10.2 Å². The van der Waals surface area contributed by atoms with E-state index in [9.17, 15) is 4.79 Å². The van der Waals surface area contributed by atoms with E-state index in [-0.39, 0.29) is 5.91 Å². The smallest absolute Gasteiger partial charge is 0.251 e. The highest BCUT2D eigenvalue weighted by Gasteiger charge is 2.20. The average Bonchev–Trinajstić information content (AvgIpc) is 3.24. The molecule has 1 heterocycles. The van der Waals surface area contributed by atoms with Crippen LogP contribution in [0.2, 0.25) is 0 Å². The van der Waals surface area contributed by atoms with Crippen LogP contribution < -0.4 is 10.2 Å². The van der Waals surface area contributed by atoms with Crippen molar-refractivity contribution < 1.29 is 4.79 Å². The number of fused-ring (bicyclic) bond motifs is 3. The van der Waals surface area contributed by atoms with Gasteiger partial charge in [-0.05, 0) is 91.2 Å². The number of nitrogens with zero attached hydrogens (tertiary/aromatic N) is 2. The van der Waals surface area contributed by atoms with E-state index in [0.29, 0.717) is 0 Å². The molecule has 0 spiro atoms. The Morgan fingerprint density at radius 1 is 0.853 bits per heavy atom. The summed E-state index contributed by atoms with van der Waals surface area (Å²) in [4.78, 5) is 17.8. The van der Waals surface area contributed by atoms with Crippen LogP contribution in [0.4, 0.5) is 5.69 Å². The minimum atomic E-state index is 0.0425. The number of carbonyl (C=O) groups excluding carboxylic acids is 1. The Bertz CT molecular complexity index is 1180. The quantitative estimate of drug-likeness (QED) is 0.390. The van der Waals surface area contributed by atoms with Gasteiger partial charge in [-0.3, -0.25) is 9.69 Å². The van der Waals surface area contributed by atoms with Crippen LogP contribution in [0.15, 0.2) is 60.7 Å². The summed E-state index contributed by atoms with van der Waals surface area (Å²) in [7, 11) is 0. The highest BCUT2D eigenvalue weighted by molar-refractivity contribution is 5.95. The molecule has 0 radical (unpaired) electrons. The number of hydrogen-bond donors (Lipinski definition) is 1. The Morgan fingerprint density at radius 2 is 1.65 bits per heavy atom. The molecule has 0 atom stereocenters. The summed E-state index contributed by atoms with van der Waals surface area (Å²) < 4.78 is 0. The number of unbranched alkanes of at least 4 members (excludes halogenated alkanes) is 1. The molecule has 1 N–H and O–H groups in total. The van der Waals surface area contributed by atoms with E-state index in [1.165, 1.54) is 39.1 Å². The maximum absolute atomic E-state index is 12.7. The molecule has 5 rings (SSSR count). The third kappa shape index (κ3) is 4.74. The van der Waals surface area contributed by atoms with Crippen molar-refractivity contribution in [3.8, 4) is 11.1 Å². The van der Waals surface area contributed by atoms with Gasteiger partial charge >= 0.3 is 0 Å². The summed E-state index contributed by atoms with van der Waals surface area (Å²) in [5.74, 6) is 0.0425. The molecule has 1 saturated heterocycles. The molecule has 4 nitrogen and oxygen atoms in total. The number of piperazine rings is 1. The van der Waals surface area contributed by atoms with Crippen molar-refractivity contribution in [2.24, 2.45) is 0 Å². The second-order valence-electron chi connectivity index (χ2n) is 9.72. The lowest BCUT2D eigenvalue weighted by Crippen LogP contribution is -2.47. The Hall–Kier alpha value is -3.11. The lowest BCUT2D eigenvalue weighted by molar-refractivity contribution is 0.0952. The molecule has 0 bridgehead atoms. The fourth-order valence-corrected chi connectivity index (χ4v) is 5.34. The fraction of sp³-hybridized carbons (Fsp3) is 0.367. The summed E-state index contributed by atoms with van der Waals surface area (Å²) in [6, 6.07) is 21.3. The van der Waals surface area contributed by atoms with Gasteiger partial charge in [0.2, 0.25) is 0 Å². The highest BCUT2D eigenvalue weighted by Crippen LogP contribution is 2.36. The van der Waals surface area contributed by atoms with Crippen LogP contribution in [-0.2, 0) is 6.42 Å². The van der Waals surface area contributed by atoms with Crippen LogP contribution in [0.3, 0.4) is 0 Å². The van der Waals surface area contributed by atoms with Gasteiger partial charge in [0.15, 0.2) is 0 Å². The molecule has 0 unspecified atom stereocenters. The van der Waals surface area contributed by atoms with Crippen LogP contribution in [-0.4, -0.2) is 50.1 Å². The second-order valence-corrected chi connectivity index (χ2v) is 9.72. The first-order valence-corrected chi connectivity index (χ1v) is 12.6. The topological polar surface area (TPSA) is 35.6 Å². The number of anilines is 1. The highest BCUT2D eigenvalue weighted by atomic mass is 16.1. The minimum absolute atomic E-state index is 0.0425. The molecular formula is C30H35N3O. The molecule has 0 aromatic heterocycles. The molecule has 1 aliphatic carbocycles. The standard InChI is InChI=1S/C30H35N3O/c1-22-8-7-11-29(23(22)2)33-18-16-32(17-19-33)15-6-5-14-31-30(34)25-12-13-28-26(21-25)20-24-9-3-4-10-27(24)28/h3-4,7-13,21H,5-6,14-20H2,1-2H3,(H,31,34). The summed E-state index contributed by atoms with van der Waals surface area (Å²) >= 11 is 0. The number of amides is 1. The molecule has 3 aromatic rings. The number of benzene rings is 3. The van der Waals surface area contributed by atoms with E-state index >= 15 is 0 Å². The fourth-order valence-electron chi connectivity index (χ4n) is 5.34.